The molecule has 0 aromatic heterocycles. The summed E-state index contributed by atoms with van der Waals surface area (Å²) in [4.78, 5) is 12.8. The van der Waals surface area contributed by atoms with Crippen molar-refractivity contribution in [2.24, 2.45) is 17.6 Å². The van der Waals surface area contributed by atoms with E-state index in [2.05, 4.69) is 17.4 Å². The Morgan fingerprint density at radius 2 is 1.54 bits per heavy atom. The summed E-state index contributed by atoms with van der Waals surface area (Å²) < 4.78 is 0. The average Bonchev–Trinajstić information content (AvgIpc) is 2.59. The third-order valence-electron chi connectivity index (χ3n) is 5.21. The normalized spacial score (nSPS) is 18.2. The summed E-state index contributed by atoms with van der Waals surface area (Å²) in [7, 11) is 0. The van der Waals surface area contributed by atoms with E-state index in [-0.39, 0.29) is 23.9 Å². The summed E-state index contributed by atoms with van der Waals surface area (Å²) in [6.07, 6.45) is 3.61. The summed E-state index contributed by atoms with van der Waals surface area (Å²) in [6, 6.07) is 19.9. The molecule has 0 spiro atoms. The van der Waals surface area contributed by atoms with Gasteiger partial charge in [-0.25, -0.2) is 0 Å². The van der Waals surface area contributed by atoms with Crippen LogP contribution in [0.3, 0.4) is 0 Å². The highest BCUT2D eigenvalue weighted by Crippen LogP contribution is 2.38. The van der Waals surface area contributed by atoms with Crippen molar-refractivity contribution in [3.63, 3.8) is 0 Å². The van der Waals surface area contributed by atoms with Gasteiger partial charge >= 0.3 is 0 Å². The van der Waals surface area contributed by atoms with E-state index in [1.165, 1.54) is 24.8 Å². The van der Waals surface area contributed by atoms with Gasteiger partial charge < -0.3 is 11.1 Å². The maximum Gasteiger partial charge on any atom is 0.225 e. The lowest BCUT2D eigenvalue weighted by molar-refractivity contribution is -0.126. The summed E-state index contributed by atoms with van der Waals surface area (Å²) in [5, 5.41) is 3.27. The van der Waals surface area contributed by atoms with E-state index in [1.807, 2.05) is 55.5 Å². The molecular formula is C21H26N2O. The van der Waals surface area contributed by atoms with Crippen LogP contribution in [0.15, 0.2) is 60.7 Å². The zero-order chi connectivity index (χ0) is 16.9. The van der Waals surface area contributed by atoms with Crippen LogP contribution in [-0.4, -0.2) is 5.91 Å². The molecule has 3 unspecified atom stereocenters. The molecule has 1 aliphatic carbocycles. The number of benzene rings is 2. The molecule has 0 aliphatic heterocycles. The number of hydrogen-bond acceptors (Lipinski definition) is 2. The SMILES string of the molecule is CC(C(=O)NC(c1ccccc1)C1CCC1)C(N)c1ccccc1. The molecule has 1 aliphatic rings. The van der Waals surface area contributed by atoms with E-state index >= 15 is 0 Å². The highest BCUT2D eigenvalue weighted by atomic mass is 16.2. The second kappa shape index (κ2) is 7.63. The third kappa shape index (κ3) is 3.68. The summed E-state index contributed by atoms with van der Waals surface area (Å²) in [6.45, 7) is 1.91. The Kier molecular flexibility index (Phi) is 5.31. The van der Waals surface area contributed by atoms with Gasteiger partial charge in [0, 0.05) is 6.04 Å². The lowest BCUT2D eigenvalue weighted by atomic mass is 9.77. The Morgan fingerprint density at radius 1 is 1.00 bits per heavy atom. The van der Waals surface area contributed by atoms with Crippen LogP contribution in [0.5, 0.6) is 0 Å². The number of amides is 1. The van der Waals surface area contributed by atoms with E-state index in [1.54, 1.807) is 0 Å². The lowest BCUT2D eigenvalue weighted by Crippen LogP contribution is -2.41. The molecular weight excluding hydrogens is 296 g/mol. The smallest absolute Gasteiger partial charge is 0.225 e. The van der Waals surface area contributed by atoms with E-state index in [0.29, 0.717) is 5.92 Å². The van der Waals surface area contributed by atoms with Crippen LogP contribution in [0.2, 0.25) is 0 Å². The van der Waals surface area contributed by atoms with E-state index < -0.39 is 0 Å². The van der Waals surface area contributed by atoms with Gasteiger partial charge in [0.25, 0.3) is 0 Å². The van der Waals surface area contributed by atoms with Crippen LogP contribution < -0.4 is 11.1 Å². The highest BCUT2D eigenvalue weighted by molar-refractivity contribution is 5.79. The van der Waals surface area contributed by atoms with Crippen molar-refractivity contribution in [1.29, 1.82) is 0 Å². The third-order valence-corrected chi connectivity index (χ3v) is 5.21. The molecule has 3 heteroatoms. The molecule has 126 valence electrons. The second-order valence-electron chi connectivity index (χ2n) is 6.81. The van der Waals surface area contributed by atoms with Gasteiger partial charge in [0.15, 0.2) is 0 Å². The maximum absolute atomic E-state index is 12.8. The number of carbonyl (C=O) groups excluding carboxylic acids is 1. The second-order valence-corrected chi connectivity index (χ2v) is 6.81. The molecule has 1 saturated carbocycles. The van der Waals surface area contributed by atoms with Gasteiger partial charge in [-0.3, -0.25) is 4.79 Å². The number of hydrogen-bond donors (Lipinski definition) is 2. The summed E-state index contributed by atoms with van der Waals surface area (Å²) >= 11 is 0. The zero-order valence-electron chi connectivity index (χ0n) is 14.2. The Balaban J connectivity index is 1.71. The molecule has 3 nitrogen and oxygen atoms in total. The van der Waals surface area contributed by atoms with Gasteiger partial charge in [-0.15, -0.1) is 0 Å². The molecule has 0 saturated heterocycles. The summed E-state index contributed by atoms with van der Waals surface area (Å²) in [5.74, 6) is 0.308. The first-order valence-corrected chi connectivity index (χ1v) is 8.82. The molecule has 1 fully saturated rings. The van der Waals surface area contributed by atoms with E-state index in [0.717, 1.165) is 5.56 Å². The van der Waals surface area contributed by atoms with Gasteiger partial charge in [-0.05, 0) is 29.9 Å². The molecule has 0 heterocycles. The largest absolute Gasteiger partial charge is 0.349 e. The first-order chi connectivity index (χ1) is 11.7. The van der Waals surface area contributed by atoms with Crippen LogP contribution in [0, 0.1) is 11.8 Å². The van der Waals surface area contributed by atoms with Crippen LogP contribution in [0.4, 0.5) is 0 Å². The first kappa shape index (κ1) is 16.7. The Bertz CT molecular complexity index is 652. The highest BCUT2D eigenvalue weighted by Gasteiger charge is 2.32. The quantitative estimate of drug-likeness (QED) is 0.845. The van der Waals surface area contributed by atoms with Crippen molar-refractivity contribution in [2.45, 2.75) is 38.3 Å². The van der Waals surface area contributed by atoms with Crippen molar-refractivity contribution in [3.05, 3.63) is 71.8 Å². The van der Waals surface area contributed by atoms with Crippen molar-refractivity contribution < 1.29 is 4.79 Å². The van der Waals surface area contributed by atoms with Crippen LogP contribution in [0.25, 0.3) is 0 Å². The molecule has 3 N–H and O–H groups in total. The topological polar surface area (TPSA) is 55.1 Å². The summed E-state index contributed by atoms with van der Waals surface area (Å²) in [5.41, 5.74) is 8.51. The van der Waals surface area contributed by atoms with Crippen molar-refractivity contribution >= 4 is 5.91 Å². The minimum atomic E-state index is -0.288. The first-order valence-electron chi connectivity index (χ1n) is 8.82. The van der Waals surface area contributed by atoms with Crippen LogP contribution in [0.1, 0.15) is 49.4 Å². The molecule has 3 rings (SSSR count). The number of rotatable bonds is 6. The van der Waals surface area contributed by atoms with Gasteiger partial charge in [0.05, 0.1) is 12.0 Å². The molecule has 1 amide bonds. The predicted molar refractivity (Wildman–Crippen MR) is 97.2 cm³/mol. The number of carbonyl (C=O) groups is 1. The fourth-order valence-corrected chi connectivity index (χ4v) is 3.32. The van der Waals surface area contributed by atoms with Crippen molar-refractivity contribution in [3.8, 4) is 0 Å². The number of nitrogens with two attached hydrogens (primary N) is 1. The standard InChI is InChI=1S/C21H26N2O/c1-15(19(22)16-9-4-2-5-10-16)21(24)23-20(18-13-8-14-18)17-11-6-3-7-12-17/h2-7,9-12,15,18-20H,8,13-14,22H2,1H3,(H,23,24). The average molecular weight is 322 g/mol. The predicted octanol–water partition coefficient (Wildman–Crippen LogP) is 3.98. The van der Waals surface area contributed by atoms with Gasteiger partial charge in [0.1, 0.15) is 0 Å². The van der Waals surface area contributed by atoms with Gasteiger partial charge in [-0.1, -0.05) is 74.0 Å². The molecule has 0 radical (unpaired) electrons. The molecule has 24 heavy (non-hydrogen) atoms. The van der Waals surface area contributed by atoms with E-state index in [4.69, 9.17) is 5.73 Å². The monoisotopic (exact) mass is 322 g/mol. The Hall–Kier alpha value is -2.13. The molecule has 2 aromatic carbocycles. The number of nitrogens with one attached hydrogen (secondary N) is 1. The fourth-order valence-electron chi connectivity index (χ4n) is 3.32. The van der Waals surface area contributed by atoms with Crippen LogP contribution in [-0.2, 0) is 4.79 Å². The van der Waals surface area contributed by atoms with Crippen molar-refractivity contribution in [1.82, 2.24) is 5.32 Å². The fraction of sp³-hybridized carbons (Fsp3) is 0.381. The molecule has 0 bridgehead atoms. The maximum atomic E-state index is 12.8. The minimum Gasteiger partial charge on any atom is -0.349 e. The van der Waals surface area contributed by atoms with E-state index in [9.17, 15) is 4.79 Å². The van der Waals surface area contributed by atoms with Gasteiger partial charge in [-0.2, -0.15) is 0 Å². The van der Waals surface area contributed by atoms with Crippen LogP contribution >= 0.6 is 0 Å². The Morgan fingerprint density at radius 3 is 2.04 bits per heavy atom. The minimum absolute atomic E-state index is 0.0344. The lowest BCUT2D eigenvalue weighted by Gasteiger charge is -2.35. The van der Waals surface area contributed by atoms with Crippen molar-refractivity contribution in [2.75, 3.05) is 0 Å². The molecule has 3 atom stereocenters. The van der Waals surface area contributed by atoms with Gasteiger partial charge in [0.2, 0.25) is 5.91 Å². The zero-order valence-corrected chi connectivity index (χ0v) is 14.2. The Labute approximate surface area is 144 Å². The molecule has 2 aromatic rings.